The van der Waals surface area contributed by atoms with Gasteiger partial charge < -0.3 is 9.52 Å². The van der Waals surface area contributed by atoms with Crippen molar-refractivity contribution < 1.29 is 24.0 Å². The quantitative estimate of drug-likeness (QED) is 0.211. The van der Waals surface area contributed by atoms with Crippen LogP contribution in [0.5, 0.6) is 0 Å². The predicted octanol–water partition coefficient (Wildman–Crippen LogP) is 5.34. The highest BCUT2D eigenvalue weighted by atomic mass is 32.2. The molecule has 1 amide bonds. The normalized spacial score (nSPS) is 15.8. The first-order valence-corrected chi connectivity index (χ1v) is 10.8. The maximum atomic E-state index is 13.0. The Hall–Kier alpha value is -4.44. The number of nitro benzene ring substituents is 1. The van der Waals surface area contributed by atoms with Crippen molar-refractivity contribution >= 4 is 46.3 Å². The molecular formula is C24H17N3O6S. The highest BCUT2D eigenvalue weighted by molar-refractivity contribution is 8.18. The monoisotopic (exact) mass is 475 g/mol. The van der Waals surface area contributed by atoms with Crippen molar-refractivity contribution in [3.05, 3.63) is 99.7 Å². The van der Waals surface area contributed by atoms with Crippen molar-refractivity contribution in [3.8, 4) is 11.3 Å². The molecule has 0 atom stereocenters. The largest absolute Gasteiger partial charge is 0.478 e. The van der Waals surface area contributed by atoms with Crippen molar-refractivity contribution in [1.29, 1.82) is 0 Å². The summed E-state index contributed by atoms with van der Waals surface area (Å²) in [5.74, 6) is -0.553. The molecule has 0 bridgehead atoms. The molecule has 10 heteroatoms. The number of non-ortho nitro benzene ring substituents is 1. The van der Waals surface area contributed by atoms with Crippen LogP contribution in [0.4, 0.5) is 11.4 Å². The van der Waals surface area contributed by atoms with Crippen LogP contribution in [0.3, 0.4) is 0 Å². The molecule has 0 saturated carbocycles. The van der Waals surface area contributed by atoms with Gasteiger partial charge in [0.15, 0.2) is 5.17 Å². The number of aromatic carboxylic acids is 1. The number of furan rings is 1. The Bertz CT molecular complexity index is 1370. The third-order valence-corrected chi connectivity index (χ3v) is 5.77. The number of amides is 1. The summed E-state index contributed by atoms with van der Waals surface area (Å²) in [5.41, 5.74) is 0.976. The van der Waals surface area contributed by atoms with E-state index in [0.717, 1.165) is 11.8 Å². The Morgan fingerprint density at radius 2 is 2.00 bits per heavy atom. The first-order chi connectivity index (χ1) is 16.4. The lowest BCUT2D eigenvalue weighted by molar-refractivity contribution is -0.384. The third-order valence-electron chi connectivity index (χ3n) is 4.76. The molecule has 1 N–H and O–H groups in total. The maximum Gasteiger partial charge on any atom is 0.335 e. The molecule has 3 aromatic rings. The number of carbonyl (C=O) groups is 2. The molecule has 34 heavy (non-hydrogen) atoms. The van der Waals surface area contributed by atoms with Gasteiger partial charge in [-0.3, -0.25) is 19.8 Å². The molecule has 1 aliphatic rings. The Balaban J connectivity index is 1.63. The van der Waals surface area contributed by atoms with Gasteiger partial charge in [-0.15, -0.1) is 6.58 Å². The van der Waals surface area contributed by atoms with Crippen LogP contribution >= 0.6 is 11.8 Å². The molecule has 9 nitrogen and oxygen atoms in total. The van der Waals surface area contributed by atoms with E-state index in [9.17, 15) is 24.8 Å². The van der Waals surface area contributed by atoms with E-state index < -0.39 is 10.9 Å². The molecule has 1 aliphatic heterocycles. The minimum atomic E-state index is -1.07. The van der Waals surface area contributed by atoms with Gasteiger partial charge in [-0.1, -0.05) is 24.3 Å². The van der Waals surface area contributed by atoms with Crippen molar-refractivity contribution in [2.24, 2.45) is 4.99 Å². The Morgan fingerprint density at radius 3 is 2.74 bits per heavy atom. The number of carboxylic acid groups (broad SMARTS) is 1. The van der Waals surface area contributed by atoms with Crippen LogP contribution < -0.4 is 0 Å². The summed E-state index contributed by atoms with van der Waals surface area (Å²) in [7, 11) is 0. The van der Waals surface area contributed by atoms with E-state index in [1.54, 1.807) is 48.6 Å². The van der Waals surface area contributed by atoms with Gasteiger partial charge in [0.2, 0.25) is 0 Å². The molecule has 1 aromatic heterocycles. The Labute approximate surface area is 197 Å². The number of hydrogen-bond acceptors (Lipinski definition) is 7. The Morgan fingerprint density at radius 1 is 1.21 bits per heavy atom. The van der Waals surface area contributed by atoms with Gasteiger partial charge in [0, 0.05) is 30.3 Å². The van der Waals surface area contributed by atoms with E-state index in [1.807, 2.05) is 0 Å². The topological polar surface area (TPSA) is 126 Å². The van der Waals surface area contributed by atoms with Crippen LogP contribution in [0.15, 0.2) is 87.6 Å². The van der Waals surface area contributed by atoms with Gasteiger partial charge in [0.05, 0.1) is 21.1 Å². The molecule has 0 unspecified atom stereocenters. The van der Waals surface area contributed by atoms with Crippen LogP contribution in [0, 0.1) is 10.1 Å². The lowest BCUT2D eigenvalue weighted by Crippen LogP contribution is -2.29. The minimum absolute atomic E-state index is 0.0526. The van der Waals surface area contributed by atoms with Crippen LogP contribution in [-0.2, 0) is 4.79 Å². The number of nitro groups is 1. The minimum Gasteiger partial charge on any atom is -0.478 e. The molecule has 0 radical (unpaired) electrons. The van der Waals surface area contributed by atoms with E-state index in [-0.39, 0.29) is 23.7 Å². The number of carboxylic acids is 1. The lowest BCUT2D eigenvalue weighted by atomic mass is 10.1. The smallest absolute Gasteiger partial charge is 0.335 e. The van der Waals surface area contributed by atoms with Gasteiger partial charge in [-0.2, -0.15) is 0 Å². The second kappa shape index (κ2) is 9.59. The zero-order valence-electron chi connectivity index (χ0n) is 17.6. The summed E-state index contributed by atoms with van der Waals surface area (Å²) in [4.78, 5) is 41.0. The number of amidine groups is 1. The van der Waals surface area contributed by atoms with E-state index in [2.05, 4.69) is 11.6 Å². The van der Waals surface area contributed by atoms with Crippen molar-refractivity contribution in [1.82, 2.24) is 4.90 Å². The molecule has 1 saturated heterocycles. The summed E-state index contributed by atoms with van der Waals surface area (Å²) in [6.07, 6.45) is 3.14. The maximum absolute atomic E-state index is 13.0. The molecule has 0 spiro atoms. The zero-order chi connectivity index (χ0) is 24.2. The second-order valence-corrected chi connectivity index (χ2v) is 8.08. The third kappa shape index (κ3) is 4.81. The summed E-state index contributed by atoms with van der Waals surface area (Å²) < 4.78 is 5.80. The van der Waals surface area contributed by atoms with Gasteiger partial charge >= 0.3 is 5.97 Å². The van der Waals surface area contributed by atoms with Crippen LogP contribution in [0.1, 0.15) is 16.1 Å². The number of rotatable bonds is 7. The number of benzene rings is 2. The number of hydrogen-bond donors (Lipinski definition) is 1. The molecule has 1 fully saturated rings. The van der Waals surface area contributed by atoms with Gasteiger partial charge in [0.25, 0.3) is 11.6 Å². The van der Waals surface area contributed by atoms with Crippen molar-refractivity contribution in [2.75, 3.05) is 6.54 Å². The van der Waals surface area contributed by atoms with Crippen molar-refractivity contribution in [2.45, 2.75) is 0 Å². The highest BCUT2D eigenvalue weighted by Gasteiger charge is 2.33. The van der Waals surface area contributed by atoms with E-state index in [4.69, 9.17) is 4.42 Å². The van der Waals surface area contributed by atoms with E-state index in [0.29, 0.717) is 32.8 Å². The number of carbonyl (C=O) groups excluding carboxylic acids is 1. The van der Waals surface area contributed by atoms with Gasteiger partial charge in [-0.05, 0) is 42.1 Å². The summed E-state index contributed by atoms with van der Waals surface area (Å²) in [5, 5.41) is 20.6. The zero-order valence-corrected chi connectivity index (χ0v) is 18.4. The number of nitrogens with zero attached hydrogens (tertiary/aromatic N) is 3. The second-order valence-electron chi connectivity index (χ2n) is 7.07. The van der Waals surface area contributed by atoms with Crippen LogP contribution in [-0.4, -0.2) is 38.5 Å². The lowest BCUT2D eigenvalue weighted by Gasteiger charge is -2.12. The van der Waals surface area contributed by atoms with Crippen LogP contribution in [0.25, 0.3) is 17.4 Å². The number of aliphatic imine (C=N–C) groups is 1. The average molecular weight is 475 g/mol. The Kier molecular flexibility index (Phi) is 6.42. The molecular weight excluding hydrogens is 458 g/mol. The fourth-order valence-corrected chi connectivity index (χ4v) is 4.18. The van der Waals surface area contributed by atoms with Gasteiger partial charge in [-0.25, -0.2) is 9.79 Å². The average Bonchev–Trinajstić information content (AvgIpc) is 3.40. The SMILES string of the molecule is C=CCN1C(=O)/C(=C\c2ccc(-c3cccc([N+](=O)[O-])c3)o2)SC1=Nc1cccc(C(=O)O)c1. The molecule has 170 valence electrons. The molecule has 2 aromatic carbocycles. The highest BCUT2D eigenvalue weighted by Crippen LogP contribution is 2.35. The van der Waals surface area contributed by atoms with Gasteiger partial charge in [0.1, 0.15) is 11.5 Å². The fraction of sp³-hybridized carbons (Fsp3) is 0.0417. The van der Waals surface area contributed by atoms with E-state index in [1.165, 1.54) is 29.2 Å². The summed E-state index contributed by atoms with van der Waals surface area (Å²) >= 11 is 1.13. The first kappa shape index (κ1) is 22.7. The van der Waals surface area contributed by atoms with Crippen molar-refractivity contribution in [3.63, 3.8) is 0 Å². The number of thioether (sulfide) groups is 1. The standard InChI is InChI=1S/C24H17N3O6S/c1-2-11-26-22(28)21(34-24(26)25-17-7-3-6-16(12-17)23(29)30)14-19-9-10-20(33-19)15-5-4-8-18(13-15)27(31)32/h2-10,12-14H,1,11H2,(H,29,30)/b21-14+,25-24?. The molecule has 0 aliphatic carbocycles. The van der Waals surface area contributed by atoms with E-state index >= 15 is 0 Å². The van der Waals surface area contributed by atoms with Crippen LogP contribution in [0.2, 0.25) is 0 Å². The summed E-state index contributed by atoms with van der Waals surface area (Å²) in [6.45, 7) is 3.90. The fourth-order valence-electron chi connectivity index (χ4n) is 3.19. The summed E-state index contributed by atoms with van der Waals surface area (Å²) in [6, 6.07) is 15.5. The predicted molar refractivity (Wildman–Crippen MR) is 129 cm³/mol. The molecule has 2 heterocycles. The first-order valence-electron chi connectivity index (χ1n) is 9.95. The molecule has 4 rings (SSSR count).